The molecule has 0 radical (unpaired) electrons. The van der Waals surface area contributed by atoms with E-state index >= 15 is 0 Å². The normalized spacial score (nSPS) is 14.3. The summed E-state index contributed by atoms with van der Waals surface area (Å²) in [6, 6.07) is -0.217. The Labute approximate surface area is 99.0 Å². The molecule has 0 rings (SSSR count). The Balaban J connectivity index is 4.12. The highest BCUT2D eigenvalue weighted by molar-refractivity contribution is 5.81. The van der Waals surface area contributed by atoms with Gasteiger partial charge < -0.3 is 10.4 Å². The molecular formula is C12H26N2O2. The summed E-state index contributed by atoms with van der Waals surface area (Å²) in [5.74, 6) is 0.469. The zero-order valence-corrected chi connectivity index (χ0v) is 11.4. The van der Waals surface area contributed by atoms with E-state index in [4.69, 9.17) is 0 Å². The molecule has 0 aromatic carbocycles. The largest absolute Gasteiger partial charge is 0.389 e. The molecule has 2 N–H and O–H groups in total. The summed E-state index contributed by atoms with van der Waals surface area (Å²) >= 11 is 0. The summed E-state index contributed by atoms with van der Waals surface area (Å²) < 4.78 is 0. The average Bonchev–Trinajstić information content (AvgIpc) is 2.10. The van der Waals surface area contributed by atoms with Gasteiger partial charge in [-0.05, 0) is 33.7 Å². The zero-order valence-electron chi connectivity index (χ0n) is 11.4. The smallest absolute Gasteiger partial charge is 0.237 e. The molecule has 1 atom stereocenters. The summed E-state index contributed by atoms with van der Waals surface area (Å²) in [7, 11) is 1.84. The van der Waals surface area contributed by atoms with Gasteiger partial charge in [0, 0.05) is 13.1 Å². The lowest BCUT2D eigenvalue weighted by Gasteiger charge is -2.29. The van der Waals surface area contributed by atoms with Crippen LogP contribution in [0.25, 0.3) is 0 Å². The van der Waals surface area contributed by atoms with Crippen molar-refractivity contribution in [1.82, 2.24) is 10.2 Å². The van der Waals surface area contributed by atoms with Crippen LogP contribution in [0.3, 0.4) is 0 Å². The van der Waals surface area contributed by atoms with Crippen LogP contribution in [0.2, 0.25) is 0 Å². The maximum Gasteiger partial charge on any atom is 0.237 e. The van der Waals surface area contributed by atoms with Gasteiger partial charge in [-0.25, -0.2) is 0 Å². The van der Waals surface area contributed by atoms with Crippen molar-refractivity contribution >= 4 is 5.91 Å². The van der Waals surface area contributed by atoms with Crippen LogP contribution in [-0.2, 0) is 4.79 Å². The number of amides is 1. The van der Waals surface area contributed by atoms with Gasteiger partial charge in [0.05, 0.1) is 11.6 Å². The molecule has 0 saturated heterocycles. The second kappa shape index (κ2) is 6.21. The number of carbonyl (C=O) groups excluding carboxylic acids is 1. The van der Waals surface area contributed by atoms with Crippen molar-refractivity contribution in [2.75, 3.05) is 20.1 Å². The highest BCUT2D eigenvalue weighted by atomic mass is 16.3. The molecule has 0 aromatic rings. The van der Waals surface area contributed by atoms with Gasteiger partial charge in [-0.2, -0.15) is 0 Å². The highest BCUT2D eigenvalue weighted by Gasteiger charge is 2.23. The first-order chi connectivity index (χ1) is 7.13. The Bertz CT molecular complexity index is 222. The standard InChI is InChI=1S/C12H26N2O2/c1-9(2)7-13-11(15)10(3)14(6)8-12(4,5)16/h9-10,16H,7-8H2,1-6H3,(H,13,15). The fourth-order valence-corrected chi connectivity index (χ4v) is 1.40. The number of nitrogens with one attached hydrogen (secondary N) is 1. The molecule has 0 spiro atoms. The van der Waals surface area contributed by atoms with Crippen molar-refractivity contribution in [3.8, 4) is 0 Å². The minimum atomic E-state index is -0.776. The molecule has 0 bridgehead atoms. The van der Waals surface area contributed by atoms with Gasteiger partial charge in [0.15, 0.2) is 0 Å². The van der Waals surface area contributed by atoms with Gasteiger partial charge in [-0.15, -0.1) is 0 Å². The second-order valence-corrected chi connectivity index (χ2v) is 5.54. The van der Waals surface area contributed by atoms with E-state index < -0.39 is 5.60 Å². The van der Waals surface area contributed by atoms with Gasteiger partial charge >= 0.3 is 0 Å². The van der Waals surface area contributed by atoms with E-state index in [0.717, 1.165) is 0 Å². The van der Waals surface area contributed by atoms with Gasteiger partial charge in [0.1, 0.15) is 0 Å². The zero-order chi connectivity index (χ0) is 12.9. The van der Waals surface area contributed by atoms with Crippen LogP contribution >= 0.6 is 0 Å². The van der Waals surface area contributed by atoms with Gasteiger partial charge in [-0.3, -0.25) is 9.69 Å². The molecular weight excluding hydrogens is 204 g/mol. The van der Waals surface area contributed by atoms with Crippen molar-refractivity contribution in [3.63, 3.8) is 0 Å². The van der Waals surface area contributed by atoms with E-state index in [-0.39, 0.29) is 11.9 Å². The number of carbonyl (C=O) groups is 1. The minimum absolute atomic E-state index is 0.0143. The fourth-order valence-electron chi connectivity index (χ4n) is 1.40. The van der Waals surface area contributed by atoms with E-state index in [2.05, 4.69) is 19.2 Å². The molecule has 0 saturated carbocycles. The first kappa shape index (κ1) is 15.4. The Kier molecular flexibility index (Phi) is 5.97. The first-order valence-electron chi connectivity index (χ1n) is 5.84. The topological polar surface area (TPSA) is 52.6 Å². The van der Waals surface area contributed by atoms with Crippen molar-refractivity contribution in [2.45, 2.75) is 46.3 Å². The number of likely N-dealkylation sites (N-methyl/N-ethyl adjacent to an activating group) is 1. The fraction of sp³-hybridized carbons (Fsp3) is 0.917. The van der Waals surface area contributed by atoms with Crippen LogP contribution in [-0.4, -0.2) is 47.7 Å². The van der Waals surface area contributed by atoms with Gasteiger partial charge in [-0.1, -0.05) is 13.8 Å². The van der Waals surface area contributed by atoms with E-state index in [0.29, 0.717) is 19.0 Å². The molecule has 0 fully saturated rings. The van der Waals surface area contributed by atoms with Gasteiger partial charge in [0.2, 0.25) is 5.91 Å². The van der Waals surface area contributed by atoms with Crippen LogP contribution < -0.4 is 5.32 Å². The Hall–Kier alpha value is -0.610. The van der Waals surface area contributed by atoms with E-state index in [1.807, 2.05) is 18.9 Å². The van der Waals surface area contributed by atoms with Crippen LogP contribution in [0.5, 0.6) is 0 Å². The van der Waals surface area contributed by atoms with Gasteiger partial charge in [0.25, 0.3) is 0 Å². The van der Waals surface area contributed by atoms with Crippen LogP contribution in [0.15, 0.2) is 0 Å². The number of hydrogen-bond acceptors (Lipinski definition) is 3. The van der Waals surface area contributed by atoms with Crippen molar-refractivity contribution in [1.29, 1.82) is 0 Å². The molecule has 96 valence electrons. The summed E-state index contributed by atoms with van der Waals surface area (Å²) in [5.41, 5.74) is -0.776. The van der Waals surface area contributed by atoms with E-state index in [9.17, 15) is 9.90 Å². The summed E-state index contributed by atoms with van der Waals surface area (Å²) in [5, 5.41) is 12.5. The average molecular weight is 230 g/mol. The molecule has 4 heteroatoms. The van der Waals surface area contributed by atoms with E-state index in [1.165, 1.54) is 0 Å². The molecule has 4 nitrogen and oxygen atoms in total. The molecule has 16 heavy (non-hydrogen) atoms. The predicted molar refractivity (Wildman–Crippen MR) is 66.2 cm³/mol. The molecule has 1 unspecified atom stereocenters. The molecule has 0 aromatic heterocycles. The van der Waals surface area contributed by atoms with E-state index in [1.54, 1.807) is 13.8 Å². The minimum Gasteiger partial charge on any atom is -0.389 e. The highest BCUT2D eigenvalue weighted by Crippen LogP contribution is 2.06. The van der Waals surface area contributed by atoms with Crippen LogP contribution in [0, 0.1) is 5.92 Å². The SMILES string of the molecule is CC(C)CNC(=O)C(C)N(C)CC(C)(C)O. The van der Waals surface area contributed by atoms with Crippen LogP contribution in [0.1, 0.15) is 34.6 Å². The number of hydrogen-bond donors (Lipinski definition) is 2. The monoisotopic (exact) mass is 230 g/mol. The Morgan fingerprint density at radius 3 is 2.25 bits per heavy atom. The lowest BCUT2D eigenvalue weighted by Crippen LogP contribution is -2.48. The summed E-state index contributed by atoms with van der Waals surface area (Å²) in [6.07, 6.45) is 0. The Morgan fingerprint density at radius 1 is 1.38 bits per heavy atom. The molecule has 0 heterocycles. The molecule has 0 aliphatic rings. The summed E-state index contributed by atoms with van der Waals surface area (Å²) in [4.78, 5) is 13.6. The maximum atomic E-state index is 11.7. The number of nitrogens with zero attached hydrogens (tertiary/aromatic N) is 1. The lowest BCUT2D eigenvalue weighted by molar-refractivity contribution is -0.126. The van der Waals surface area contributed by atoms with Crippen molar-refractivity contribution < 1.29 is 9.90 Å². The second-order valence-electron chi connectivity index (χ2n) is 5.54. The number of aliphatic hydroxyl groups is 1. The van der Waals surface area contributed by atoms with Crippen molar-refractivity contribution in [3.05, 3.63) is 0 Å². The van der Waals surface area contributed by atoms with Crippen LogP contribution in [0.4, 0.5) is 0 Å². The maximum absolute atomic E-state index is 11.7. The third-order valence-electron chi connectivity index (χ3n) is 2.36. The quantitative estimate of drug-likeness (QED) is 0.711. The lowest BCUT2D eigenvalue weighted by atomic mass is 10.1. The molecule has 1 amide bonds. The predicted octanol–water partition coefficient (Wildman–Crippen LogP) is 0.850. The van der Waals surface area contributed by atoms with Crippen molar-refractivity contribution in [2.24, 2.45) is 5.92 Å². The summed E-state index contributed by atoms with van der Waals surface area (Å²) in [6.45, 7) is 10.6. The molecule has 0 aliphatic heterocycles. The Morgan fingerprint density at radius 2 is 1.88 bits per heavy atom. The third-order valence-corrected chi connectivity index (χ3v) is 2.36. The third kappa shape index (κ3) is 6.80. The molecule has 0 aliphatic carbocycles. The first-order valence-corrected chi connectivity index (χ1v) is 5.84. The number of rotatable bonds is 6.